The zero-order valence-corrected chi connectivity index (χ0v) is 15.6. The van der Waals surface area contributed by atoms with Crippen LogP contribution in [-0.2, 0) is 9.47 Å². The maximum Gasteiger partial charge on any atom is 0.161 e. The highest BCUT2D eigenvalue weighted by Gasteiger charge is 2.09. The molecule has 0 bridgehead atoms. The number of hydrogen-bond acceptors (Lipinski definition) is 6. The molecule has 0 amide bonds. The van der Waals surface area contributed by atoms with Crippen molar-refractivity contribution in [3.63, 3.8) is 0 Å². The molecule has 3 rings (SSSR count). The fourth-order valence-electron chi connectivity index (χ4n) is 2.56. The van der Waals surface area contributed by atoms with Gasteiger partial charge in [-0.25, -0.2) is 0 Å². The van der Waals surface area contributed by atoms with Crippen LogP contribution in [0.4, 0.5) is 0 Å². The fourth-order valence-corrected chi connectivity index (χ4v) is 2.56. The Labute approximate surface area is 159 Å². The van der Waals surface area contributed by atoms with Gasteiger partial charge in [-0.1, -0.05) is 24.3 Å². The van der Waals surface area contributed by atoms with E-state index in [1.165, 1.54) is 0 Å². The molecule has 0 spiro atoms. The molecule has 0 aromatic heterocycles. The second kappa shape index (κ2) is 10.6. The summed E-state index contributed by atoms with van der Waals surface area (Å²) in [6.07, 6.45) is -0.0737. The van der Waals surface area contributed by atoms with Crippen LogP contribution in [0, 0.1) is 0 Å². The Kier molecular flexibility index (Phi) is 7.62. The molecule has 0 saturated heterocycles. The molecule has 6 heteroatoms. The molecule has 1 heterocycles. The molecule has 1 aliphatic heterocycles. The summed E-state index contributed by atoms with van der Waals surface area (Å²) >= 11 is 0. The highest BCUT2D eigenvalue weighted by atomic mass is 16.6. The van der Waals surface area contributed by atoms with Crippen molar-refractivity contribution >= 4 is 0 Å². The predicted molar refractivity (Wildman–Crippen MR) is 101 cm³/mol. The zero-order chi connectivity index (χ0) is 18.7. The van der Waals surface area contributed by atoms with Crippen molar-refractivity contribution in [2.24, 2.45) is 0 Å². The van der Waals surface area contributed by atoms with Crippen LogP contribution in [0.25, 0.3) is 0 Å². The summed E-state index contributed by atoms with van der Waals surface area (Å²) in [6, 6.07) is 15.2. The Bertz CT molecular complexity index is 690. The van der Waals surface area contributed by atoms with Crippen molar-refractivity contribution in [1.29, 1.82) is 0 Å². The molecule has 6 nitrogen and oxygen atoms in total. The normalized spacial score (nSPS) is 19.5. The van der Waals surface area contributed by atoms with Crippen LogP contribution in [0.3, 0.4) is 0 Å². The van der Waals surface area contributed by atoms with Crippen LogP contribution in [0.15, 0.2) is 48.5 Å². The lowest BCUT2D eigenvalue weighted by molar-refractivity contribution is 0.0152. The highest BCUT2D eigenvalue weighted by molar-refractivity contribution is 5.40. The minimum atomic E-state index is -0.0737. The molecular formula is C21H26O6. The van der Waals surface area contributed by atoms with Gasteiger partial charge in [0.2, 0.25) is 0 Å². The van der Waals surface area contributed by atoms with Crippen LogP contribution in [-0.4, -0.2) is 52.4 Å². The zero-order valence-electron chi connectivity index (χ0n) is 15.6. The molecule has 0 N–H and O–H groups in total. The van der Waals surface area contributed by atoms with Crippen molar-refractivity contribution in [3.8, 4) is 23.0 Å². The number of ether oxygens (including phenoxy) is 6. The van der Waals surface area contributed by atoms with E-state index in [9.17, 15) is 0 Å². The van der Waals surface area contributed by atoms with Crippen molar-refractivity contribution in [2.45, 2.75) is 13.0 Å². The summed E-state index contributed by atoms with van der Waals surface area (Å²) in [7, 11) is 0. The van der Waals surface area contributed by atoms with Crippen LogP contribution in [0.5, 0.6) is 23.0 Å². The minimum Gasteiger partial charge on any atom is -0.487 e. The quantitative estimate of drug-likeness (QED) is 0.705. The Hall–Kier alpha value is -2.44. The van der Waals surface area contributed by atoms with E-state index in [1.807, 2.05) is 55.5 Å². The van der Waals surface area contributed by atoms with Gasteiger partial charge >= 0.3 is 0 Å². The number of fused-ring (bicyclic) bond motifs is 2. The maximum atomic E-state index is 5.85. The average Bonchev–Trinajstić information content (AvgIpc) is 2.70. The molecule has 1 unspecified atom stereocenters. The topological polar surface area (TPSA) is 55.4 Å². The second-order valence-corrected chi connectivity index (χ2v) is 6.04. The van der Waals surface area contributed by atoms with E-state index in [0.29, 0.717) is 69.2 Å². The summed E-state index contributed by atoms with van der Waals surface area (Å²) in [5.41, 5.74) is 0. The third-order valence-electron chi connectivity index (χ3n) is 3.89. The lowest BCUT2D eigenvalue weighted by Crippen LogP contribution is -2.21. The summed E-state index contributed by atoms with van der Waals surface area (Å²) < 4.78 is 34.5. The van der Waals surface area contributed by atoms with Gasteiger partial charge in [-0.3, -0.25) is 0 Å². The van der Waals surface area contributed by atoms with Gasteiger partial charge in [0.25, 0.3) is 0 Å². The second-order valence-electron chi connectivity index (χ2n) is 6.04. The third-order valence-corrected chi connectivity index (χ3v) is 3.89. The van der Waals surface area contributed by atoms with E-state index in [0.717, 1.165) is 0 Å². The molecular weight excluding hydrogens is 348 g/mol. The van der Waals surface area contributed by atoms with Gasteiger partial charge in [0, 0.05) is 0 Å². The lowest BCUT2D eigenvalue weighted by Gasteiger charge is -2.18. The van der Waals surface area contributed by atoms with Gasteiger partial charge in [-0.2, -0.15) is 0 Å². The summed E-state index contributed by atoms with van der Waals surface area (Å²) in [5.74, 6) is 2.79. The van der Waals surface area contributed by atoms with E-state index in [4.69, 9.17) is 28.4 Å². The standard InChI is InChI=1S/C21H26O6/c1-17-16-27-21-9-5-4-8-20(21)25-13-11-22-10-12-24-18-6-2-3-7-19(18)26-15-14-23-17/h2-9,17H,10-16H2,1H3. The van der Waals surface area contributed by atoms with Crippen LogP contribution in [0.2, 0.25) is 0 Å². The number of para-hydroxylation sites is 4. The third kappa shape index (κ3) is 6.34. The Morgan fingerprint density at radius 3 is 1.56 bits per heavy atom. The maximum absolute atomic E-state index is 5.85. The summed E-state index contributed by atoms with van der Waals surface area (Å²) in [4.78, 5) is 0. The van der Waals surface area contributed by atoms with E-state index in [1.54, 1.807) is 0 Å². The fraction of sp³-hybridized carbons (Fsp3) is 0.429. The average molecular weight is 374 g/mol. The largest absolute Gasteiger partial charge is 0.487 e. The molecule has 1 aliphatic rings. The minimum absolute atomic E-state index is 0.0737. The molecule has 146 valence electrons. The van der Waals surface area contributed by atoms with E-state index in [2.05, 4.69) is 0 Å². The SMILES string of the molecule is CC1COc2ccccc2OCCOCCOc2ccccc2OCCO1. The van der Waals surface area contributed by atoms with Crippen LogP contribution >= 0.6 is 0 Å². The molecule has 1 atom stereocenters. The van der Waals surface area contributed by atoms with E-state index >= 15 is 0 Å². The van der Waals surface area contributed by atoms with Crippen molar-refractivity contribution in [2.75, 3.05) is 46.2 Å². The Morgan fingerprint density at radius 2 is 1.04 bits per heavy atom. The van der Waals surface area contributed by atoms with Gasteiger partial charge < -0.3 is 28.4 Å². The van der Waals surface area contributed by atoms with Gasteiger partial charge in [0.05, 0.1) is 25.9 Å². The monoisotopic (exact) mass is 374 g/mol. The van der Waals surface area contributed by atoms with Gasteiger partial charge in [0.15, 0.2) is 23.0 Å². The Morgan fingerprint density at radius 1 is 0.593 bits per heavy atom. The first-order chi connectivity index (χ1) is 13.3. The molecule has 0 fully saturated rings. The van der Waals surface area contributed by atoms with Crippen molar-refractivity contribution in [1.82, 2.24) is 0 Å². The molecule has 0 radical (unpaired) electrons. The molecule has 27 heavy (non-hydrogen) atoms. The number of hydrogen-bond donors (Lipinski definition) is 0. The molecule has 0 saturated carbocycles. The first kappa shape index (κ1) is 19.3. The van der Waals surface area contributed by atoms with Crippen molar-refractivity contribution < 1.29 is 28.4 Å². The van der Waals surface area contributed by atoms with Crippen LogP contribution < -0.4 is 18.9 Å². The Balaban J connectivity index is 1.60. The van der Waals surface area contributed by atoms with Gasteiger partial charge in [0.1, 0.15) is 26.4 Å². The van der Waals surface area contributed by atoms with Crippen LogP contribution in [0.1, 0.15) is 6.92 Å². The molecule has 2 aromatic carbocycles. The van der Waals surface area contributed by atoms with Crippen molar-refractivity contribution in [3.05, 3.63) is 48.5 Å². The predicted octanol–water partition coefficient (Wildman–Crippen LogP) is 3.34. The van der Waals surface area contributed by atoms with Gasteiger partial charge in [-0.05, 0) is 31.2 Å². The highest BCUT2D eigenvalue weighted by Crippen LogP contribution is 2.27. The lowest BCUT2D eigenvalue weighted by atomic mass is 10.3. The van der Waals surface area contributed by atoms with E-state index < -0.39 is 0 Å². The first-order valence-electron chi connectivity index (χ1n) is 9.21. The number of benzene rings is 2. The first-order valence-corrected chi connectivity index (χ1v) is 9.21. The molecule has 0 aliphatic carbocycles. The number of rotatable bonds is 0. The summed E-state index contributed by atoms with van der Waals surface area (Å²) in [6.45, 7) is 5.09. The summed E-state index contributed by atoms with van der Waals surface area (Å²) in [5, 5.41) is 0. The smallest absolute Gasteiger partial charge is 0.161 e. The van der Waals surface area contributed by atoms with E-state index in [-0.39, 0.29) is 6.10 Å². The van der Waals surface area contributed by atoms with Gasteiger partial charge in [-0.15, -0.1) is 0 Å². The molecule has 2 aromatic rings.